The molecule has 2 bridgehead atoms. The highest BCUT2D eigenvalue weighted by Crippen LogP contribution is 2.35. The number of hydrogen-bond acceptors (Lipinski definition) is 3. The Balaban J connectivity index is 1.52. The van der Waals surface area contributed by atoms with E-state index in [0.29, 0.717) is 18.2 Å². The number of ether oxygens (including phenoxy) is 1. The van der Waals surface area contributed by atoms with Crippen molar-refractivity contribution in [2.45, 2.75) is 56.4 Å². The van der Waals surface area contributed by atoms with E-state index in [-0.39, 0.29) is 0 Å². The van der Waals surface area contributed by atoms with Gasteiger partial charge in [0.25, 0.3) is 0 Å². The van der Waals surface area contributed by atoms with Gasteiger partial charge in [0.2, 0.25) is 0 Å². The summed E-state index contributed by atoms with van der Waals surface area (Å²) in [4.78, 5) is 0. The van der Waals surface area contributed by atoms with Gasteiger partial charge in [-0.05, 0) is 43.6 Å². The first kappa shape index (κ1) is 9.49. The molecule has 0 aliphatic carbocycles. The van der Waals surface area contributed by atoms with Crippen LogP contribution in [0.4, 0.5) is 0 Å². The lowest BCUT2D eigenvalue weighted by Gasteiger charge is -2.29. The fourth-order valence-corrected chi connectivity index (χ4v) is 4.09. The third-order valence-electron chi connectivity index (χ3n) is 3.78. The Morgan fingerprint density at radius 1 is 1.07 bits per heavy atom. The van der Waals surface area contributed by atoms with Crippen LogP contribution >= 0.6 is 11.8 Å². The summed E-state index contributed by atoms with van der Waals surface area (Å²) in [5, 5.41) is 3.81. The molecule has 3 aliphatic heterocycles. The Labute approximate surface area is 90.2 Å². The maximum absolute atomic E-state index is 5.86. The smallest absolute Gasteiger partial charge is 0.0733 e. The van der Waals surface area contributed by atoms with Crippen LogP contribution in [0, 0.1) is 0 Å². The van der Waals surface area contributed by atoms with Crippen molar-refractivity contribution < 1.29 is 4.74 Å². The Morgan fingerprint density at radius 2 is 1.93 bits per heavy atom. The summed E-state index contributed by atoms with van der Waals surface area (Å²) in [6.45, 7) is 0. The second-order valence-corrected chi connectivity index (χ2v) is 5.99. The first-order valence-corrected chi connectivity index (χ1v) is 7.06. The van der Waals surface area contributed by atoms with Gasteiger partial charge in [-0.1, -0.05) is 0 Å². The normalized spacial score (nSPS) is 43.3. The van der Waals surface area contributed by atoms with Gasteiger partial charge in [0.15, 0.2) is 0 Å². The lowest BCUT2D eigenvalue weighted by molar-refractivity contribution is 0.0958. The van der Waals surface area contributed by atoms with Crippen molar-refractivity contribution in [2.24, 2.45) is 0 Å². The second kappa shape index (κ2) is 4.03. The van der Waals surface area contributed by atoms with Crippen molar-refractivity contribution in [2.75, 3.05) is 11.5 Å². The van der Waals surface area contributed by atoms with Crippen LogP contribution in [0.2, 0.25) is 0 Å². The molecule has 3 heteroatoms. The third kappa shape index (κ3) is 1.82. The van der Waals surface area contributed by atoms with Crippen LogP contribution in [0.3, 0.4) is 0 Å². The average Bonchev–Trinajstić information content (AvgIpc) is 2.81. The molecule has 1 N–H and O–H groups in total. The Kier molecular flexibility index (Phi) is 2.73. The molecule has 0 spiro atoms. The van der Waals surface area contributed by atoms with Gasteiger partial charge < -0.3 is 10.1 Å². The van der Waals surface area contributed by atoms with E-state index in [1.807, 2.05) is 0 Å². The maximum atomic E-state index is 5.86. The number of rotatable bonds is 2. The van der Waals surface area contributed by atoms with E-state index in [0.717, 1.165) is 6.04 Å². The Hall–Kier alpha value is 0.270. The van der Waals surface area contributed by atoms with Crippen LogP contribution < -0.4 is 5.32 Å². The SMILES string of the molecule is C1CC(NC2CC3CCC2O3)CCS1. The molecule has 3 unspecified atom stereocenters. The van der Waals surface area contributed by atoms with Crippen molar-refractivity contribution in [1.29, 1.82) is 0 Å². The van der Waals surface area contributed by atoms with E-state index in [2.05, 4.69) is 17.1 Å². The summed E-state index contributed by atoms with van der Waals surface area (Å²) in [5.74, 6) is 2.69. The molecule has 0 amide bonds. The van der Waals surface area contributed by atoms with Crippen molar-refractivity contribution in [1.82, 2.24) is 5.32 Å². The van der Waals surface area contributed by atoms with Gasteiger partial charge in [-0.2, -0.15) is 11.8 Å². The first-order valence-electron chi connectivity index (χ1n) is 5.91. The molecule has 3 rings (SSSR count). The molecule has 3 fully saturated rings. The summed E-state index contributed by atoms with van der Waals surface area (Å²) >= 11 is 2.10. The fraction of sp³-hybridized carbons (Fsp3) is 1.00. The van der Waals surface area contributed by atoms with Crippen molar-refractivity contribution in [3.05, 3.63) is 0 Å². The van der Waals surface area contributed by atoms with Gasteiger partial charge in [0.05, 0.1) is 12.2 Å². The second-order valence-electron chi connectivity index (χ2n) is 4.77. The molecule has 0 radical (unpaired) electrons. The van der Waals surface area contributed by atoms with Crippen LogP contribution in [0.15, 0.2) is 0 Å². The zero-order valence-corrected chi connectivity index (χ0v) is 9.39. The molecule has 0 aromatic carbocycles. The Morgan fingerprint density at radius 3 is 2.57 bits per heavy atom. The van der Waals surface area contributed by atoms with Crippen molar-refractivity contribution in [3.63, 3.8) is 0 Å². The lowest BCUT2D eigenvalue weighted by atomic mass is 9.94. The monoisotopic (exact) mass is 213 g/mol. The van der Waals surface area contributed by atoms with Gasteiger partial charge in [-0.15, -0.1) is 0 Å². The highest BCUT2D eigenvalue weighted by molar-refractivity contribution is 7.99. The minimum atomic E-state index is 0.551. The molecule has 3 aliphatic rings. The van der Waals surface area contributed by atoms with Crippen LogP contribution in [0.25, 0.3) is 0 Å². The van der Waals surface area contributed by atoms with E-state index in [4.69, 9.17) is 4.74 Å². The van der Waals surface area contributed by atoms with E-state index in [1.54, 1.807) is 0 Å². The number of nitrogens with one attached hydrogen (secondary N) is 1. The molecule has 0 aromatic heterocycles. The summed E-state index contributed by atoms with van der Waals surface area (Å²) in [6.07, 6.45) is 7.74. The molecular weight excluding hydrogens is 194 g/mol. The quantitative estimate of drug-likeness (QED) is 0.755. The molecule has 2 nitrogen and oxygen atoms in total. The molecule has 14 heavy (non-hydrogen) atoms. The summed E-state index contributed by atoms with van der Waals surface area (Å²) in [5.41, 5.74) is 0. The van der Waals surface area contributed by atoms with Crippen LogP contribution in [0.5, 0.6) is 0 Å². The van der Waals surface area contributed by atoms with Crippen molar-refractivity contribution in [3.8, 4) is 0 Å². The van der Waals surface area contributed by atoms with E-state index in [9.17, 15) is 0 Å². The molecule has 3 heterocycles. The zero-order chi connectivity index (χ0) is 9.38. The summed E-state index contributed by atoms with van der Waals surface area (Å²) in [6, 6.07) is 1.46. The molecule has 80 valence electrons. The molecule has 3 saturated heterocycles. The van der Waals surface area contributed by atoms with Gasteiger partial charge >= 0.3 is 0 Å². The van der Waals surface area contributed by atoms with E-state index >= 15 is 0 Å². The zero-order valence-electron chi connectivity index (χ0n) is 8.58. The number of fused-ring (bicyclic) bond motifs is 2. The minimum absolute atomic E-state index is 0.551. The summed E-state index contributed by atoms with van der Waals surface area (Å²) in [7, 11) is 0. The van der Waals surface area contributed by atoms with Gasteiger partial charge in [0.1, 0.15) is 0 Å². The maximum Gasteiger partial charge on any atom is 0.0733 e. The Bertz CT molecular complexity index is 205. The van der Waals surface area contributed by atoms with Gasteiger partial charge in [-0.3, -0.25) is 0 Å². The molecule has 3 atom stereocenters. The van der Waals surface area contributed by atoms with E-state index < -0.39 is 0 Å². The predicted molar refractivity (Wildman–Crippen MR) is 59.8 cm³/mol. The van der Waals surface area contributed by atoms with Gasteiger partial charge in [-0.25, -0.2) is 0 Å². The standard InChI is InChI=1S/C11H19NOS/c1-2-11-10(7-9(1)13-11)12-8-3-5-14-6-4-8/h8-12H,1-7H2. The van der Waals surface area contributed by atoms with Crippen LogP contribution in [0.1, 0.15) is 32.1 Å². The first-order chi connectivity index (χ1) is 6.92. The highest BCUT2D eigenvalue weighted by Gasteiger charge is 2.41. The van der Waals surface area contributed by atoms with Crippen LogP contribution in [-0.4, -0.2) is 35.8 Å². The topological polar surface area (TPSA) is 21.3 Å². The molecule has 0 aromatic rings. The average molecular weight is 213 g/mol. The predicted octanol–water partition coefficient (Wildman–Crippen LogP) is 1.79. The lowest BCUT2D eigenvalue weighted by Crippen LogP contribution is -2.45. The van der Waals surface area contributed by atoms with Crippen molar-refractivity contribution >= 4 is 11.8 Å². The number of hydrogen-bond donors (Lipinski definition) is 1. The molecular formula is C11H19NOS. The molecule has 0 saturated carbocycles. The fourth-order valence-electron chi connectivity index (χ4n) is 2.98. The minimum Gasteiger partial charge on any atom is -0.373 e. The van der Waals surface area contributed by atoms with Gasteiger partial charge in [0, 0.05) is 12.1 Å². The highest BCUT2D eigenvalue weighted by atomic mass is 32.2. The number of thioether (sulfide) groups is 1. The van der Waals surface area contributed by atoms with E-state index in [1.165, 1.54) is 43.6 Å². The largest absolute Gasteiger partial charge is 0.373 e. The van der Waals surface area contributed by atoms with Crippen LogP contribution in [-0.2, 0) is 4.74 Å². The third-order valence-corrected chi connectivity index (χ3v) is 4.83. The summed E-state index contributed by atoms with van der Waals surface area (Å²) < 4.78 is 5.86.